The van der Waals surface area contributed by atoms with Gasteiger partial charge in [0.2, 0.25) is 5.95 Å². The maximum absolute atomic E-state index is 11.8. The third-order valence-electron chi connectivity index (χ3n) is 3.56. The standard InChI is InChI=1S/C13H13N7O3S/c1-24(23)13-17-9-6(4-8-10(21)18-12(22)16-8)5-14-20(9)11(19-13)15-7-2-3-7/h4-5,7H,2-3H2,1H3,(H,15,17,19)(H2,16,18,21,22)/b8-4+. The van der Waals surface area contributed by atoms with Gasteiger partial charge >= 0.3 is 11.2 Å². The van der Waals surface area contributed by atoms with E-state index in [4.69, 9.17) is 0 Å². The van der Waals surface area contributed by atoms with Crippen LogP contribution in [0.25, 0.3) is 11.7 Å². The Morgan fingerprint density at radius 3 is 2.79 bits per heavy atom. The van der Waals surface area contributed by atoms with E-state index >= 15 is 0 Å². The lowest BCUT2D eigenvalue weighted by atomic mass is 10.2. The minimum absolute atomic E-state index is 0.101. The molecule has 124 valence electrons. The molecule has 1 saturated carbocycles. The summed E-state index contributed by atoms with van der Waals surface area (Å²) in [6.45, 7) is 0. The second-order valence-corrected chi connectivity index (χ2v) is 6.78. The van der Waals surface area contributed by atoms with Crippen molar-refractivity contribution in [2.75, 3.05) is 11.6 Å². The highest BCUT2D eigenvalue weighted by atomic mass is 32.2. The van der Waals surface area contributed by atoms with Crippen LogP contribution < -0.4 is 16.0 Å². The van der Waals surface area contributed by atoms with Crippen LogP contribution in [-0.4, -0.2) is 48.4 Å². The second kappa shape index (κ2) is 5.46. The highest BCUT2D eigenvalue weighted by Crippen LogP contribution is 2.25. The number of nitrogens with one attached hydrogen (secondary N) is 3. The molecule has 1 aliphatic carbocycles. The fourth-order valence-corrected chi connectivity index (χ4v) is 2.68. The molecule has 24 heavy (non-hydrogen) atoms. The van der Waals surface area contributed by atoms with Gasteiger partial charge in [-0.15, -0.1) is 4.98 Å². The fourth-order valence-electron chi connectivity index (χ4n) is 2.25. The van der Waals surface area contributed by atoms with E-state index in [9.17, 15) is 14.1 Å². The molecule has 1 unspecified atom stereocenters. The number of anilines is 1. The zero-order valence-electron chi connectivity index (χ0n) is 12.6. The number of rotatable bonds is 4. The van der Waals surface area contributed by atoms with Crippen molar-refractivity contribution in [3.63, 3.8) is 0 Å². The molecule has 2 aromatic heterocycles. The Labute approximate surface area is 138 Å². The number of carbonyl (C=O) groups is 2. The van der Waals surface area contributed by atoms with Crippen molar-refractivity contribution >= 4 is 40.8 Å². The van der Waals surface area contributed by atoms with Crippen LogP contribution in [0.3, 0.4) is 0 Å². The molecule has 2 aromatic rings. The summed E-state index contributed by atoms with van der Waals surface area (Å²) in [4.78, 5) is 31.4. The molecule has 0 spiro atoms. The van der Waals surface area contributed by atoms with E-state index in [1.165, 1.54) is 23.0 Å². The molecule has 3 heterocycles. The molecular weight excluding hydrogens is 334 g/mol. The van der Waals surface area contributed by atoms with Gasteiger partial charge in [0.05, 0.1) is 6.20 Å². The number of carbonyl (C=O) groups excluding carboxylic acids is 2. The smallest absolute Gasteiger partial charge is 0.347 e. The van der Waals surface area contributed by atoms with Gasteiger partial charge in [-0.25, -0.2) is 4.79 Å². The van der Waals surface area contributed by atoms with Crippen LogP contribution in [0.2, 0.25) is 0 Å². The number of aromatic nitrogens is 4. The Kier molecular flexibility index (Phi) is 3.39. The normalized spacial score (nSPS) is 20.3. The highest BCUT2D eigenvalue weighted by molar-refractivity contribution is 7.90. The molecule has 3 amide bonds. The molecule has 4 rings (SSSR count). The average molecular weight is 347 g/mol. The van der Waals surface area contributed by atoms with Crippen molar-refractivity contribution in [2.24, 2.45) is 0 Å². The molecule has 0 radical (unpaired) electrons. The molecule has 1 aliphatic heterocycles. The first-order valence-corrected chi connectivity index (χ1v) is 8.77. The van der Waals surface area contributed by atoms with E-state index in [0.29, 0.717) is 23.2 Å². The lowest BCUT2D eigenvalue weighted by molar-refractivity contribution is -0.115. The number of urea groups is 1. The number of imide groups is 1. The Morgan fingerprint density at radius 1 is 1.38 bits per heavy atom. The molecule has 0 aromatic carbocycles. The molecule has 1 atom stereocenters. The van der Waals surface area contributed by atoms with E-state index in [0.717, 1.165) is 12.8 Å². The Hall–Kier alpha value is -2.66. The molecule has 11 heteroatoms. The molecule has 1 saturated heterocycles. The van der Waals surface area contributed by atoms with Crippen LogP contribution in [0.4, 0.5) is 10.7 Å². The van der Waals surface area contributed by atoms with Crippen molar-refractivity contribution in [1.29, 1.82) is 0 Å². The lowest BCUT2D eigenvalue weighted by Crippen LogP contribution is -2.22. The average Bonchev–Trinajstić information content (AvgIpc) is 3.16. The molecule has 2 aliphatic rings. The van der Waals surface area contributed by atoms with Crippen LogP contribution in [0, 0.1) is 0 Å². The quantitative estimate of drug-likeness (QED) is 0.389. The predicted octanol–water partition coefficient (Wildman–Crippen LogP) is -0.384. The number of amides is 3. The zero-order valence-corrected chi connectivity index (χ0v) is 13.4. The first kappa shape index (κ1) is 14.9. The zero-order chi connectivity index (χ0) is 16.8. The van der Waals surface area contributed by atoms with Crippen molar-refractivity contribution in [3.05, 3.63) is 17.5 Å². The van der Waals surface area contributed by atoms with E-state index < -0.39 is 23.1 Å². The Morgan fingerprint density at radius 2 is 2.17 bits per heavy atom. The largest absolute Gasteiger partial charge is 0.609 e. The maximum Gasteiger partial charge on any atom is 0.347 e. The van der Waals surface area contributed by atoms with Crippen molar-refractivity contribution in [2.45, 2.75) is 24.0 Å². The highest BCUT2D eigenvalue weighted by Gasteiger charge is 2.26. The van der Waals surface area contributed by atoms with Crippen molar-refractivity contribution in [1.82, 2.24) is 30.2 Å². The summed E-state index contributed by atoms with van der Waals surface area (Å²) >= 11 is -1.37. The molecule has 2 fully saturated rings. The van der Waals surface area contributed by atoms with Crippen LogP contribution in [-0.2, 0) is 16.0 Å². The van der Waals surface area contributed by atoms with Crippen LogP contribution in [0.5, 0.6) is 0 Å². The number of hydrogen-bond acceptors (Lipinski definition) is 7. The number of fused-ring (bicyclic) bond motifs is 1. The maximum atomic E-state index is 11.8. The van der Waals surface area contributed by atoms with Gasteiger partial charge in [0.25, 0.3) is 5.91 Å². The molecular formula is C13H13N7O3S. The SMILES string of the molecule is C[S+]([O-])c1nc(NC2CC2)n2ncc(/C=C3/NC(=O)NC3=O)c2n1. The first-order chi connectivity index (χ1) is 11.5. The minimum atomic E-state index is -1.37. The van der Waals surface area contributed by atoms with Gasteiger partial charge in [-0.2, -0.15) is 14.6 Å². The summed E-state index contributed by atoms with van der Waals surface area (Å²) in [5, 5.41) is 12.2. The van der Waals surface area contributed by atoms with E-state index in [1.807, 2.05) is 0 Å². The molecule has 10 nitrogen and oxygen atoms in total. The summed E-state index contributed by atoms with van der Waals surface area (Å²) in [5.41, 5.74) is 1.01. The van der Waals surface area contributed by atoms with Gasteiger partial charge in [0.15, 0.2) is 5.65 Å². The lowest BCUT2D eigenvalue weighted by Gasteiger charge is -2.08. The molecule has 0 bridgehead atoms. The minimum Gasteiger partial charge on any atom is -0.609 e. The van der Waals surface area contributed by atoms with Gasteiger partial charge in [0, 0.05) is 22.8 Å². The summed E-state index contributed by atoms with van der Waals surface area (Å²) in [6, 6.07) is -0.254. The number of hydrogen-bond donors (Lipinski definition) is 3. The predicted molar refractivity (Wildman–Crippen MR) is 84.4 cm³/mol. The Balaban J connectivity index is 1.82. The monoisotopic (exact) mass is 347 g/mol. The Bertz CT molecular complexity index is 887. The van der Waals surface area contributed by atoms with Crippen LogP contribution in [0.15, 0.2) is 17.1 Å². The summed E-state index contributed by atoms with van der Waals surface area (Å²) in [5.74, 6) is -0.0683. The van der Waals surface area contributed by atoms with E-state index in [-0.39, 0.29) is 10.9 Å². The van der Waals surface area contributed by atoms with E-state index in [2.05, 4.69) is 31.0 Å². The summed E-state index contributed by atoms with van der Waals surface area (Å²) in [7, 11) is 0. The van der Waals surface area contributed by atoms with Crippen LogP contribution in [0.1, 0.15) is 18.4 Å². The van der Waals surface area contributed by atoms with Gasteiger partial charge in [-0.05, 0) is 18.9 Å². The topological polar surface area (TPSA) is 136 Å². The third kappa shape index (κ3) is 2.67. The van der Waals surface area contributed by atoms with Gasteiger partial charge < -0.3 is 15.2 Å². The van der Waals surface area contributed by atoms with Gasteiger partial charge in [-0.1, -0.05) is 0 Å². The summed E-state index contributed by atoms with van der Waals surface area (Å²) < 4.78 is 13.3. The van der Waals surface area contributed by atoms with Gasteiger partial charge in [-0.3, -0.25) is 10.1 Å². The van der Waals surface area contributed by atoms with Crippen molar-refractivity contribution in [3.8, 4) is 0 Å². The fraction of sp³-hybridized carbons (Fsp3) is 0.308. The third-order valence-corrected chi connectivity index (χ3v) is 4.26. The molecule has 3 N–H and O–H groups in total. The van der Waals surface area contributed by atoms with E-state index in [1.54, 1.807) is 0 Å². The second-order valence-electron chi connectivity index (χ2n) is 5.50. The summed E-state index contributed by atoms with van der Waals surface area (Å²) in [6.07, 6.45) is 6.56. The number of nitrogens with zero attached hydrogens (tertiary/aromatic N) is 4. The van der Waals surface area contributed by atoms with Gasteiger partial charge in [0.1, 0.15) is 12.0 Å². The first-order valence-electron chi connectivity index (χ1n) is 7.21. The van der Waals surface area contributed by atoms with Crippen molar-refractivity contribution < 1.29 is 14.1 Å². The van der Waals surface area contributed by atoms with Crippen LogP contribution >= 0.6 is 0 Å².